The lowest BCUT2D eigenvalue weighted by Crippen LogP contribution is -2.17. The Kier molecular flexibility index (Phi) is 3.96. The summed E-state index contributed by atoms with van der Waals surface area (Å²) in [6.45, 7) is 8.42. The van der Waals surface area contributed by atoms with E-state index in [1.54, 1.807) is 0 Å². The number of hydrogen-bond donors (Lipinski definition) is 1. The Morgan fingerprint density at radius 3 is 2.92 bits per heavy atom. The maximum Gasteiger partial charge on any atom is 0.0525 e. The van der Waals surface area contributed by atoms with Crippen LogP contribution in [0.4, 0.5) is 0 Å². The monoisotopic (exact) mass is 181 g/mol. The number of rotatable bonds is 5. The molecule has 1 atom stereocenters. The first-order valence-corrected chi connectivity index (χ1v) is 5.02. The molecule has 1 rings (SSSR count). The first-order valence-electron chi connectivity index (χ1n) is 5.02. The lowest BCUT2D eigenvalue weighted by molar-refractivity contribution is 0.453. The summed E-state index contributed by atoms with van der Waals surface area (Å²) in [6.07, 6.45) is 3.00. The van der Waals surface area contributed by atoms with Crippen molar-refractivity contribution in [3.63, 3.8) is 0 Å². The van der Waals surface area contributed by atoms with E-state index in [0.717, 1.165) is 19.5 Å². The van der Waals surface area contributed by atoms with E-state index >= 15 is 0 Å². The zero-order chi connectivity index (χ0) is 9.68. The Balaban J connectivity index is 2.65. The summed E-state index contributed by atoms with van der Waals surface area (Å²) >= 11 is 0. The molecule has 0 bridgehead atoms. The van der Waals surface area contributed by atoms with Gasteiger partial charge in [-0.15, -0.1) is 0 Å². The van der Waals surface area contributed by atoms with Gasteiger partial charge in [-0.3, -0.25) is 4.68 Å². The molecule has 1 N–H and O–H groups in total. The van der Waals surface area contributed by atoms with E-state index in [9.17, 15) is 0 Å². The lowest BCUT2D eigenvalue weighted by atomic mass is 10.2. The van der Waals surface area contributed by atoms with Gasteiger partial charge in [0.15, 0.2) is 0 Å². The van der Waals surface area contributed by atoms with Gasteiger partial charge >= 0.3 is 0 Å². The molecule has 74 valence electrons. The van der Waals surface area contributed by atoms with E-state index in [2.05, 4.69) is 41.9 Å². The van der Waals surface area contributed by atoms with Crippen molar-refractivity contribution >= 4 is 0 Å². The highest BCUT2D eigenvalue weighted by molar-refractivity contribution is 5.01. The van der Waals surface area contributed by atoms with Crippen LogP contribution in [0.5, 0.6) is 0 Å². The molecule has 0 aliphatic heterocycles. The predicted molar refractivity (Wildman–Crippen MR) is 54.6 cm³/mol. The van der Waals surface area contributed by atoms with Crippen LogP contribution in [0.15, 0.2) is 12.3 Å². The Bertz CT molecular complexity index is 242. The van der Waals surface area contributed by atoms with Gasteiger partial charge in [0, 0.05) is 18.8 Å². The molecule has 3 heteroatoms. The third-order valence-electron chi connectivity index (χ3n) is 2.32. The van der Waals surface area contributed by atoms with Crippen LogP contribution in [-0.2, 0) is 6.54 Å². The van der Waals surface area contributed by atoms with Gasteiger partial charge in [0.25, 0.3) is 0 Å². The number of aromatic nitrogens is 2. The van der Waals surface area contributed by atoms with E-state index in [4.69, 9.17) is 0 Å². The minimum atomic E-state index is 0.503. The Labute approximate surface area is 80.1 Å². The van der Waals surface area contributed by atoms with Crippen molar-refractivity contribution in [3.05, 3.63) is 18.0 Å². The fourth-order valence-electron chi connectivity index (χ4n) is 1.30. The van der Waals surface area contributed by atoms with Crippen molar-refractivity contribution in [2.75, 3.05) is 6.54 Å². The van der Waals surface area contributed by atoms with Gasteiger partial charge in [-0.1, -0.05) is 13.8 Å². The second-order valence-electron chi connectivity index (χ2n) is 3.30. The van der Waals surface area contributed by atoms with Crippen LogP contribution >= 0.6 is 0 Å². The smallest absolute Gasteiger partial charge is 0.0525 e. The molecule has 0 spiro atoms. The van der Waals surface area contributed by atoms with Crippen molar-refractivity contribution in [2.24, 2.45) is 0 Å². The summed E-state index contributed by atoms with van der Waals surface area (Å²) in [5.41, 5.74) is 1.27. The third-order valence-corrected chi connectivity index (χ3v) is 2.32. The molecule has 1 aromatic heterocycles. The molecule has 13 heavy (non-hydrogen) atoms. The first-order chi connectivity index (χ1) is 6.29. The first kappa shape index (κ1) is 10.3. The molecule has 1 aromatic rings. The van der Waals surface area contributed by atoms with Crippen LogP contribution in [0.3, 0.4) is 0 Å². The van der Waals surface area contributed by atoms with Crippen molar-refractivity contribution in [1.29, 1.82) is 0 Å². The molecule has 0 unspecified atom stereocenters. The summed E-state index contributed by atoms with van der Waals surface area (Å²) in [5.74, 6) is 0. The van der Waals surface area contributed by atoms with Crippen LogP contribution < -0.4 is 5.32 Å². The molecule has 0 saturated carbocycles. The van der Waals surface area contributed by atoms with E-state index < -0.39 is 0 Å². The van der Waals surface area contributed by atoms with Gasteiger partial charge in [-0.2, -0.15) is 5.10 Å². The molecular weight excluding hydrogens is 162 g/mol. The van der Waals surface area contributed by atoms with Gasteiger partial charge in [0.1, 0.15) is 0 Å². The van der Waals surface area contributed by atoms with Crippen LogP contribution in [0.2, 0.25) is 0 Å². The molecule has 0 aliphatic rings. The summed E-state index contributed by atoms with van der Waals surface area (Å²) in [5, 5.41) is 7.63. The van der Waals surface area contributed by atoms with Crippen molar-refractivity contribution in [2.45, 2.75) is 39.8 Å². The van der Waals surface area contributed by atoms with Gasteiger partial charge < -0.3 is 5.32 Å². The van der Waals surface area contributed by atoms with Crippen molar-refractivity contribution in [1.82, 2.24) is 15.1 Å². The van der Waals surface area contributed by atoms with Crippen LogP contribution in [0, 0.1) is 0 Å². The molecule has 0 aliphatic carbocycles. The second kappa shape index (κ2) is 5.02. The quantitative estimate of drug-likeness (QED) is 0.752. The maximum absolute atomic E-state index is 4.32. The number of hydrogen-bond acceptors (Lipinski definition) is 2. The standard InChI is InChI=1S/C10H19N3/c1-4-9(3)13-10(6-7-12-13)8-11-5-2/h6-7,9,11H,4-5,8H2,1-3H3/t9-/m0/s1. The summed E-state index contributed by atoms with van der Waals surface area (Å²) < 4.78 is 2.10. The van der Waals surface area contributed by atoms with Gasteiger partial charge in [0.2, 0.25) is 0 Å². The molecule has 3 nitrogen and oxygen atoms in total. The molecule has 1 heterocycles. The minimum Gasteiger partial charge on any atom is -0.311 e. The zero-order valence-corrected chi connectivity index (χ0v) is 8.75. The highest BCUT2D eigenvalue weighted by atomic mass is 15.3. The SMILES string of the molecule is CCNCc1ccnn1[C@@H](C)CC. The summed E-state index contributed by atoms with van der Waals surface area (Å²) in [4.78, 5) is 0. The minimum absolute atomic E-state index is 0.503. The summed E-state index contributed by atoms with van der Waals surface area (Å²) in [7, 11) is 0. The van der Waals surface area contributed by atoms with Crippen molar-refractivity contribution in [3.8, 4) is 0 Å². The lowest BCUT2D eigenvalue weighted by Gasteiger charge is -2.13. The molecular formula is C10H19N3. The summed E-state index contributed by atoms with van der Waals surface area (Å²) in [6, 6.07) is 2.58. The number of nitrogens with zero attached hydrogens (tertiary/aromatic N) is 2. The fourth-order valence-corrected chi connectivity index (χ4v) is 1.30. The largest absolute Gasteiger partial charge is 0.311 e. The van der Waals surface area contributed by atoms with E-state index in [0.29, 0.717) is 6.04 Å². The average molecular weight is 181 g/mol. The van der Waals surface area contributed by atoms with Crippen LogP contribution in [0.1, 0.15) is 38.9 Å². The molecule has 0 fully saturated rings. The average Bonchev–Trinajstić information content (AvgIpc) is 2.61. The highest BCUT2D eigenvalue weighted by Gasteiger charge is 2.06. The third kappa shape index (κ3) is 2.56. The van der Waals surface area contributed by atoms with Gasteiger partial charge in [-0.25, -0.2) is 0 Å². The van der Waals surface area contributed by atoms with Crippen LogP contribution in [0.25, 0.3) is 0 Å². The van der Waals surface area contributed by atoms with Gasteiger partial charge in [-0.05, 0) is 26.0 Å². The van der Waals surface area contributed by atoms with Crippen LogP contribution in [-0.4, -0.2) is 16.3 Å². The molecule has 0 radical (unpaired) electrons. The van der Waals surface area contributed by atoms with Crippen molar-refractivity contribution < 1.29 is 0 Å². The Morgan fingerprint density at radius 2 is 2.31 bits per heavy atom. The predicted octanol–water partition coefficient (Wildman–Crippen LogP) is 1.96. The molecule has 0 aromatic carbocycles. The van der Waals surface area contributed by atoms with E-state index in [1.165, 1.54) is 5.69 Å². The highest BCUT2D eigenvalue weighted by Crippen LogP contribution is 2.11. The van der Waals surface area contributed by atoms with Gasteiger partial charge in [0.05, 0.1) is 5.69 Å². The molecule has 0 amide bonds. The topological polar surface area (TPSA) is 29.9 Å². The second-order valence-corrected chi connectivity index (χ2v) is 3.30. The Morgan fingerprint density at radius 1 is 1.54 bits per heavy atom. The normalized spacial score (nSPS) is 13.2. The number of nitrogens with one attached hydrogen (secondary N) is 1. The maximum atomic E-state index is 4.32. The zero-order valence-electron chi connectivity index (χ0n) is 8.75. The fraction of sp³-hybridized carbons (Fsp3) is 0.700. The molecule has 0 saturated heterocycles. The Hall–Kier alpha value is -0.830. The van der Waals surface area contributed by atoms with E-state index in [-0.39, 0.29) is 0 Å². The van der Waals surface area contributed by atoms with E-state index in [1.807, 2.05) is 6.20 Å².